The van der Waals surface area contributed by atoms with Crippen LogP contribution in [0.2, 0.25) is 0 Å². The highest BCUT2D eigenvalue weighted by Crippen LogP contribution is 2.18. The normalized spacial score (nSPS) is 11.0. The maximum absolute atomic E-state index is 12.3. The smallest absolute Gasteiger partial charge is 0.263 e. The second-order valence-corrected chi connectivity index (χ2v) is 7.05. The molecular formula is C16H19N3O4S. The molecule has 1 N–H and O–H groups in total. The number of anilines is 1. The van der Waals surface area contributed by atoms with Gasteiger partial charge in [0.15, 0.2) is 6.61 Å². The van der Waals surface area contributed by atoms with Crippen molar-refractivity contribution in [3.63, 3.8) is 0 Å². The summed E-state index contributed by atoms with van der Waals surface area (Å²) < 4.78 is 32.4. The average molecular weight is 349 g/mol. The molecule has 0 unspecified atom stereocenters. The lowest BCUT2D eigenvalue weighted by Gasteiger charge is -2.12. The first-order valence-corrected chi connectivity index (χ1v) is 8.65. The van der Waals surface area contributed by atoms with Crippen LogP contribution in [-0.2, 0) is 14.8 Å². The molecule has 0 aliphatic carbocycles. The molecule has 0 atom stereocenters. The van der Waals surface area contributed by atoms with Crippen molar-refractivity contribution in [2.24, 2.45) is 0 Å². The zero-order valence-corrected chi connectivity index (χ0v) is 14.5. The van der Waals surface area contributed by atoms with E-state index in [1.165, 1.54) is 35.4 Å². The van der Waals surface area contributed by atoms with Gasteiger partial charge in [-0.25, -0.2) is 13.4 Å². The van der Waals surface area contributed by atoms with Crippen molar-refractivity contribution >= 4 is 21.7 Å². The number of likely N-dealkylation sites (N-methyl/N-ethyl adjacent to an activating group) is 1. The molecular weight excluding hydrogens is 330 g/mol. The summed E-state index contributed by atoms with van der Waals surface area (Å²) in [4.78, 5) is 16.9. The van der Waals surface area contributed by atoms with Gasteiger partial charge < -0.3 is 9.64 Å². The van der Waals surface area contributed by atoms with E-state index < -0.39 is 10.0 Å². The third-order valence-corrected chi connectivity index (χ3v) is 4.52. The molecule has 0 saturated carbocycles. The molecule has 2 rings (SSSR count). The van der Waals surface area contributed by atoms with Crippen LogP contribution in [0, 0.1) is 6.92 Å². The fourth-order valence-corrected chi connectivity index (χ4v) is 2.78. The summed E-state index contributed by atoms with van der Waals surface area (Å²) in [5.74, 6) is 0.489. The minimum Gasteiger partial charge on any atom is -0.484 e. The number of aromatic nitrogens is 1. The summed E-state index contributed by atoms with van der Waals surface area (Å²) in [6.45, 7) is 1.74. The summed E-state index contributed by atoms with van der Waals surface area (Å²) in [5, 5.41) is 0. The van der Waals surface area contributed by atoms with Crippen LogP contribution in [0.15, 0.2) is 47.5 Å². The number of carbonyl (C=O) groups is 1. The highest BCUT2D eigenvalue weighted by atomic mass is 32.2. The Kier molecular flexibility index (Phi) is 5.40. The Morgan fingerprint density at radius 3 is 2.46 bits per heavy atom. The first-order chi connectivity index (χ1) is 11.3. The molecule has 0 fully saturated rings. The molecule has 128 valence electrons. The number of carbonyl (C=O) groups excluding carboxylic acids is 1. The maximum atomic E-state index is 12.3. The number of pyridine rings is 1. The van der Waals surface area contributed by atoms with Crippen molar-refractivity contribution in [3.8, 4) is 5.75 Å². The maximum Gasteiger partial charge on any atom is 0.263 e. The molecule has 7 nitrogen and oxygen atoms in total. The summed E-state index contributed by atoms with van der Waals surface area (Å²) in [6.07, 6.45) is 1.53. The van der Waals surface area contributed by atoms with Crippen molar-refractivity contribution in [2.45, 2.75) is 11.8 Å². The van der Waals surface area contributed by atoms with E-state index in [0.29, 0.717) is 5.75 Å². The molecule has 24 heavy (non-hydrogen) atoms. The van der Waals surface area contributed by atoms with E-state index in [9.17, 15) is 13.2 Å². The van der Waals surface area contributed by atoms with Crippen LogP contribution in [-0.4, -0.2) is 44.9 Å². The first kappa shape index (κ1) is 17.7. The third kappa shape index (κ3) is 4.69. The Labute approximate surface area is 141 Å². The lowest BCUT2D eigenvalue weighted by atomic mass is 10.3. The van der Waals surface area contributed by atoms with Gasteiger partial charge in [0.05, 0.1) is 4.90 Å². The van der Waals surface area contributed by atoms with E-state index in [-0.39, 0.29) is 23.2 Å². The Hall–Kier alpha value is -2.61. The number of rotatable bonds is 6. The van der Waals surface area contributed by atoms with Gasteiger partial charge in [-0.05, 0) is 48.9 Å². The second-order valence-electron chi connectivity index (χ2n) is 5.37. The van der Waals surface area contributed by atoms with Gasteiger partial charge in [-0.2, -0.15) is 0 Å². The number of benzene rings is 1. The van der Waals surface area contributed by atoms with Crippen LogP contribution in [0.25, 0.3) is 0 Å². The number of ether oxygens (including phenoxy) is 1. The Morgan fingerprint density at radius 1 is 1.21 bits per heavy atom. The summed E-state index contributed by atoms with van der Waals surface area (Å²) >= 11 is 0. The summed E-state index contributed by atoms with van der Waals surface area (Å²) in [5.41, 5.74) is 0.900. The van der Waals surface area contributed by atoms with Crippen LogP contribution < -0.4 is 9.46 Å². The van der Waals surface area contributed by atoms with Gasteiger partial charge >= 0.3 is 0 Å². The van der Waals surface area contributed by atoms with Crippen molar-refractivity contribution in [3.05, 3.63) is 48.2 Å². The molecule has 0 bridgehead atoms. The van der Waals surface area contributed by atoms with E-state index in [1.807, 2.05) is 6.92 Å². The standard InChI is InChI=1S/C16H19N3O4S/c1-12-8-9-17-15(10-12)18-24(21,22)14-6-4-13(5-7-14)23-11-16(20)19(2)3/h4-10H,11H2,1-3H3,(H,17,18). The highest BCUT2D eigenvalue weighted by Gasteiger charge is 2.15. The number of hydrogen-bond donors (Lipinski definition) is 1. The fraction of sp³-hybridized carbons (Fsp3) is 0.250. The number of amides is 1. The van der Waals surface area contributed by atoms with E-state index in [0.717, 1.165) is 5.56 Å². The molecule has 0 radical (unpaired) electrons. The van der Waals surface area contributed by atoms with E-state index >= 15 is 0 Å². The first-order valence-electron chi connectivity index (χ1n) is 7.16. The molecule has 1 aromatic carbocycles. The van der Waals surface area contributed by atoms with Crippen LogP contribution in [0.4, 0.5) is 5.82 Å². The predicted molar refractivity (Wildman–Crippen MR) is 90.4 cm³/mol. The van der Waals surface area contributed by atoms with Crippen molar-refractivity contribution in [2.75, 3.05) is 25.4 Å². The number of hydrogen-bond acceptors (Lipinski definition) is 5. The molecule has 0 aliphatic rings. The van der Waals surface area contributed by atoms with Crippen LogP contribution in [0.5, 0.6) is 5.75 Å². The van der Waals surface area contributed by atoms with Gasteiger partial charge in [-0.3, -0.25) is 9.52 Å². The Bertz CT molecular complexity index is 817. The van der Waals surface area contributed by atoms with Gasteiger partial charge in [0.25, 0.3) is 15.9 Å². The number of aryl methyl sites for hydroxylation is 1. The third-order valence-electron chi connectivity index (χ3n) is 3.15. The average Bonchev–Trinajstić information content (AvgIpc) is 2.52. The fourth-order valence-electron chi connectivity index (χ4n) is 1.78. The number of sulfonamides is 1. The number of nitrogens with zero attached hydrogens (tertiary/aromatic N) is 2. The van der Waals surface area contributed by atoms with Crippen molar-refractivity contribution < 1.29 is 17.9 Å². The van der Waals surface area contributed by atoms with Crippen molar-refractivity contribution in [1.82, 2.24) is 9.88 Å². The molecule has 8 heteroatoms. The van der Waals surface area contributed by atoms with Gasteiger partial charge in [0.1, 0.15) is 11.6 Å². The second kappa shape index (κ2) is 7.31. The van der Waals surface area contributed by atoms with Gasteiger partial charge in [-0.15, -0.1) is 0 Å². The predicted octanol–water partition coefficient (Wildman–Crippen LogP) is 1.66. The van der Waals surface area contributed by atoms with Crippen molar-refractivity contribution in [1.29, 1.82) is 0 Å². The minimum atomic E-state index is -3.73. The zero-order chi connectivity index (χ0) is 17.7. The van der Waals surface area contributed by atoms with Crippen LogP contribution >= 0.6 is 0 Å². The summed E-state index contributed by atoms with van der Waals surface area (Å²) in [7, 11) is -0.472. The SMILES string of the molecule is Cc1ccnc(NS(=O)(=O)c2ccc(OCC(=O)N(C)C)cc2)c1. The Morgan fingerprint density at radius 2 is 1.88 bits per heavy atom. The molecule has 1 heterocycles. The molecule has 0 spiro atoms. The molecule has 0 saturated heterocycles. The minimum absolute atomic E-state index is 0.0806. The number of nitrogens with one attached hydrogen (secondary N) is 1. The highest BCUT2D eigenvalue weighted by molar-refractivity contribution is 7.92. The Balaban J connectivity index is 2.07. The van der Waals surface area contributed by atoms with Crippen LogP contribution in [0.3, 0.4) is 0 Å². The van der Waals surface area contributed by atoms with E-state index in [4.69, 9.17) is 4.74 Å². The molecule has 0 aliphatic heterocycles. The summed E-state index contributed by atoms with van der Waals surface area (Å²) in [6, 6.07) is 9.24. The van der Waals surface area contributed by atoms with Crippen LogP contribution in [0.1, 0.15) is 5.56 Å². The van der Waals surface area contributed by atoms with Gasteiger partial charge in [0.2, 0.25) is 0 Å². The lowest BCUT2D eigenvalue weighted by Crippen LogP contribution is -2.27. The van der Waals surface area contributed by atoms with E-state index in [2.05, 4.69) is 9.71 Å². The topological polar surface area (TPSA) is 88.6 Å². The quantitative estimate of drug-likeness (QED) is 0.857. The van der Waals surface area contributed by atoms with E-state index in [1.54, 1.807) is 26.2 Å². The molecule has 2 aromatic rings. The largest absolute Gasteiger partial charge is 0.484 e. The lowest BCUT2D eigenvalue weighted by molar-refractivity contribution is -0.130. The zero-order valence-electron chi connectivity index (χ0n) is 13.7. The molecule has 1 aromatic heterocycles. The van der Waals surface area contributed by atoms with Gasteiger partial charge in [0, 0.05) is 20.3 Å². The monoisotopic (exact) mass is 349 g/mol. The van der Waals surface area contributed by atoms with Gasteiger partial charge in [-0.1, -0.05) is 0 Å². The molecule has 1 amide bonds.